The van der Waals surface area contributed by atoms with Gasteiger partial charge < -0.3 is 9.84 Å². The van der Waals surface area contributed by atoms with Gasteiger partial charge in [0.15, 0.2) is 11.5 Å². The summed E-state index contributed by atoms with van der Waals surface area (Å²) >= 11 is 0. The molecule has 0 radical (unpaired) electrons. The highest BCUT2D eigenvalue weighted by atomic mass is 16.5. The van der Waals surface area contributed by atoms with Crippen molar-refractivity contribution in [2.45, 2.75) is 40.0 Å². The first-order valence-corrected chi connectivity index (χ1v) is 7.70. The van der Waals surface area contributed by atoms with Gasteiger partial charge in [-0.15, -0.1) is 0 Å². The minimum absolute atomic E-state index is 0.267. The number of aryl methyl sites for hydroxylation is 2. The van der Waals surface area contributed by atoms with Crippen LogP contribution in [0, 0.1) is 13.8 Å². The zero-order valence-corrected chi connectivity index (χ0v) is 13.8. The number of nitrogens with zero attached hydrogens (tertiary/aromatic N) is 5. The lowest BCUT2D eigenvalue weighted by molar-refractivity contribution is 0.373. The Bertz CT molecular complexity index is 827. The highest BCUT2D eigenvalue weighted by Crippen LogP contribution is 2.22. The molecule has 23 heavy (non-hydrogen) atoms. The van der Waals surface area contributed by atoms with Crippen LogP contribution in [0.15, 0.2) is 16.9 Å². The van der Waals surface area contributed by atoms with Crippen molar-refractivity contribution in [3.05, 3.63) is 35.4 Å². The normalized spacial score (nSPS) is 11.3. The first kappa shape index (κ1) is 15.3. The molecule has 0 spiro atoms. The van der Waals surface area contributed by atoms with Gasteiger partial charge in [0.05, 0.1) is 5.39 Å². The molecule has 0 aromatic carbocycles. The van der Waals surface area contributed by atoms with Crippen molar-refractivity contribution in [3.8, 4) is 0 Å². The maximum absolute atomic E-state index is 5.24. The van der Waals surface area contributed by atoms with E-state index >= 15 is 0 Å². The minimum atomic E-state index is 0.267. The van der Waals surface area contributed by atoms with Gasteiger partial charge in [-0.1, -0.05) is 19.0 Å². The minimum Gasteiger partial charge on any atom is -0.369 e. The third-order valence-electron chi connectivity index (χ3n) is 3.56. The second-order valence-electron chi connectivity index (χ2n) is 5.88. The van der Waals surface area contributed by atoms with Crippen LogP contribution in [0.4, 0.5) is 5.82 Å². The van der Waals surface area contributed by atoms with Gasteiger partial charge in [0.1, 0.15) is 12.1 Å². The molecule has 120 valence electrons. The van der Waals surface area contributed by atoms with Gasteiger partial charge in [-0.25, -0.2) is 15.0 Å². The van der Waals surface area contributed by atoms with Crippen molar-refractivity contribution in [3.63, 3.8) is 0 Å². The van der Waals surface area contributed by atoms with Crippen LogP contribution in [0.5, 0.6) is 0 Å². The quantitative estimate of drug-likeness (QED) is 0.774. The zero-order chi connectivity index (χ0) is 16.4. The number of nitrogens with one attached hydrogen (secondary N) is 1. The largest absolute Gasteiger partial charge is 0.369 e. The summed E-state index contributed by atoms with van der Waals surface area (Å²) in [6.07, 6.45) is 2.17. The standard InChI is InChI=1S/C16H20N6O/c1-9(2)14-21-12(23-22-14)5-6-17-15-13-10(3)7-11(4)20-16(13)19-8-18-15/h7-9H,5-6H2,1-4H3,(H,17,18,19,20). The SMILES string of the molecule is Cc1cc(C)c2c(NCCc3nc(C(C)C)no3)ncnc2n1. The molecule has 3 heterocycles. The molecule has 0 saturated heterocycles. The van der Waals surface area contributed by atoms with E-state index in [1.54, 1.807) is 0 Å². The van der Waals surface area contributed by atoms with Gasteiger partial charge in [0.2, 0.25) is 5.89 Å². The molecule has 3 rings (SSSR count). The number of hydrogen-bond donors (Lipinski definition) is 1. The van der Waals surface area contributed by atoms with Crippen molar-refractivity contribution >= 4 is 16.9 Å². The van der Waals surface area contributed by atoms with Crippen LogP contribution in [0.3, 0.4) is 0 Å². The molecule has 0 amide bonds. The molecule has 3 aromatic rings. The fraction of sp³-hybridized carbons (Fsp3) is 0.438. The molecule has 0 aliphatic heterocycles. The summed E-state index contributed by atoms with van der Waals surface area (Å²) in [5.41, 5.74) is 2.77. The van der Waals surface area contributed by atoms with E-state index in [9.17, 15) is 0 Å². The number of anilines is 1. The summed E-state index contributed by atoms with van der Waals surface area (Å²) in [4.78, 5) is 17.4. The number of pyridine rings is 1. The third-order valence-corrected chi connectivity index (χ3v) is 3.56. The van der Waals surface area contributed by atoms with Crippen molar-refractivity contribution in [2.75, 3.05) is 11.9 Å². The summed E-state index contributed by atoms with van der Waals surface area (Å²) in [5.74, 6) is 2.42. The van der Waals surface area contributed by atoms with E-state index in [0.717, 1.165) is 28.3 Å². The average Bonchev–Trinajstić information content (AvgIpc) is 2.96. The lowest BCUT2D eigenvalue weighted by Gasteiger charge is -2.09. The smallest absolute Gasteiger partial charge is 0.228 e. The summed E-state index contributed by atoms with van der Waals surface area (Å²) < 4.78 is 5.24. The number of fused-ring (bicyclic) bond motifs is 1. The second-order valence-corrected chi connectivity index (χ2v) is 5.88. The van der Waals surface area contributed by atoms with E-state index in [-0.39, 0.29) is 5.92 Å². The molecular weight excluding hydrogens is 292 g/mol. The second kappa shape index (κ2) is 6.28. The predicted octanol–water partition coefficient (Wildman–Crippen LogP) is 2.80. The van der Waals surface area contributed by atoms with Gasteiger partial charge in [-0.2, -0.15) is 4.98 Å². The Kier molecular flexibility index (Phi) is 4.18. The molecule has 0 bridgehead atoms. The first-order valence-electron chi connectivity index (χ1n) is 7.70. The Morgan fingerprint density at radius 3 is 2.74 bits per heavy atom. The van der Waals surface area contributed by atoms with Crippen molar-refractivity contribution in [1.29, 1.82) is 0 Å². The molecule has 3 aromatic heterocycles. The van der Waals surface area contributed by atoms with Crippen molar-refractivity contribution < 1.29 is 4.52 Å². The van der Waals surface area contributed by atoms with E-state index in [1.165, 1.54) is 6.33 Å². The third kappa shape index (κ3) is 3.28. The van der Waals surface area contributed by atoms with Crippen molar-refractivity contribution in [1.82, 2.24) is 25.1 Å². The molecule has 7 heteroatoms. The molecule has 0 saturated carbocycles. The molecule has 0 atom stereocenters. The van der Waals surface area contributed by atoms with Gasteiger partial charge in [-0.3, -0.25) is 0 Å². The van der Waals surface area contributed by atoms with Gasteiger partial charge in [0.25, 0.3) is 0 Å². The monoisotopic (exact) mass is 312 g/mol. The maximum Gasteiger partial charge on any atom is 0.228 e. The average molecular weight is 312 g/mol. The van der Waals surface area contributed by atoms with Gasteiger partial charge in [0, 0.05) is 24.6 Å². The fourth-order valence-electron chi connectivity index (χ4n) is 2.43. The van der Waals surface area contributed by atoms with Crippen LogP contribution >= 0.6 is 0 Å². The van der Waals surface area contributed by atoms with Crippen LogP contribution in [0.2, 0.25) is 0 Å². The Morgan fingerprint density at radius 1 is 1.17 bits per heavy atom. The van der Waals surface area contributed by atoms with Gasteiger partial charge >= 0.3 is 0 Å². The van der Waals surface area contributed by atoms with Gasteiger partial charge in [-0.05, 0) is 25.5 Å². The van der Waals surface area contributed by atoms with Crippen LogP contribution in [-0.2, 0) is 6.42 Å². The number of rotatable bonds is 5. The van der Waals surface area contributed by atoms with Crippen LogP contribution in [0.25, 0.3) is 11.0 Å². The van der Waals surface area contributed by atoms with Crippen LogP contribution in [0.1, 0.15) is 42.7 Å². The van der Waals surface area contributed by atoms with Crippen LogP contribution in [-0.4, -0.2) is 31.6 Å². The molecule has 0 aliphatic carbocycles. The molecule has 7 nitrogen and oxygen atoms in total. The summed E-state index contributed by atoms with van der Waals surface area (Å²) in [6, 6.07) is 2.03. The Labute approximate surface area is 134 Å². The Balaban J connectivity index is 1.74. The topological polar surface area (TPSA) is 89.6 Å². The zero-order valence-electron chi connectivity index (χ0n) is 13.8. The predicted molar refractivity (Wildman–Crippen MR) is 87.4 cm³/mol. The lowest BCUT2D eigenvalue weighted by Crippen LogP contribution is -2.08. The summed E-state index contributed by atoms with van der Waals surface area (Å²) in [6.45, 7) is 8.73. The summed E-state index contributed by atoms with van der Waals surface area (Å²) in [5, 5.41) is 8.23. The number of aromatic nitrogens is 5. The van der Waals surface area contributed by atoms with Crippen LogP contribution < -0.4 is 5.32 Å². The molecule has 0 aliphatic rings. The fourth-order valence-corrected chi connectivity index (χ4v) is 2.43. The molecule has 0 fully saturated rings. The molecule has 1 N–H and O–H groups in total. The van der Waals surface area contributed by atoms with E-state index in [2.05, 4.69) is 30.4 Å². The van der Waals surface area contributed by atoms with E-state index < -0.39 is 0 Å². The maximum atomic E-state index is 5.24. The molecule has 0 unspecified atom stereocenters. The number of hydrogen-bond acceptors (Lipinski definition) is 7. The highest BCUT2D eigenvalue weighted by Gasteiger charge is 2.11. The van der Waals surface area contributed by atoms with E-state index in [0.29, 0.717) is 24.5 Å². The first-order chi connectivity index (χ1) is 11.0. The lowest BCUT2D eigenvalue weighted by atomic mass is 10.1. The van der Waals surface area contributed by atoms with Crippen molar-refractivity contribution in [2.24, 2.45) is 0 Å². The highest BCUT2D eigenvalue weighted by molar-refractivity contribution is 5.89. The summed E-state index contributed by atoms with van der Waals surface area (Å²) in [7, 11) is 0. The Morgan fingerprint density at radius 2 is 2.00 bits per heavy atom. The molecular formula is C16H20N6O. The van der Waals surface area contributed by atoms with E-state index in [4.69, 9.17) is 4.52 Å². The van der Waals surface area contributed by atoms with E-state index in [1.807, 2.05) is 33.8 Å². The Hall–Kier alpha value is -2.57.